The van der Waals surface area contributed by atoms with Crippen LogP contribution in [0.15, 0.2) is 28.9 Å². The predicted octanol–water partition coefficient (Wildman–Crippen LogP) is 2.40. The van der Waals surface area contributed by atoms with Gasteiger partial charge in [0.1, 0.15) is 17.1 Å². The number of pyridine rings is 1. The number of nitrogens with one attached hydrogen (secondary N) is 2. The number of hydrogen-bond acceptors (Lipinski definition) is 5. The van der Waals surface area contributed by atoms with Crippen molar-refractivity contribution in [1.82, 2.24) is 19.9 Å². The average molecular weight is 355 g/mol. The van der Waals surface area contributed by atoms with E-state index in [2.05, 4.69) is 20.8 Å². The van der Waals surface area contributed by atoms with Crippen molar-refractivity contribution in [3.05, 3.63) is 47.1 Å². The van der Waals surface area contributed by atoms with E-state index in [1.807, 2.05) is 32.2 Å². The molecule has 0 bridgehead atoms. The number of aryl methyl sites for hydroxylation is 3. The molecule has 0 aromatic carbocycles. The Bertz CT molecular complexity index is 957. The van der Waals surface area contributed by atoms with Gasteiger partial charge in [-0.25, -0.2) is 4.98 Å². The summed E-state index contributed by atoms with van der Waals surface area (Å²) in [6, 6.07) is 5.49. The van der Waals surface area contributed by atoms with Crippen LogP contribution in [0.1, 0.15) is 40.3 Å². The second kappa shape index (κ2) is 7.38. The first kappa shape index (κ1) is 17.7. The van der Waals surface area contributed by atoms with Gasteiger partial charge in [-0.3, -0.25) is 14.0 Å². The SMILES string of the molecule is Cc1cc(NC(=O)CCCNC(=O)c2c(C)nc3c(C)cccn23)no1. The summed E-state index contributed by atoms with van der Waals surface area (Å²) in [6.45, 7) is 5.91. The molecule has 2 amide bonds. The molecule has 8 heteroatoms. The van der Waals surface area contributed by atoms with Crippen LogP contribution in [0.25, 0.3) is 5.65 Å². The van der Waals surface area contributed by atoms with Crippen molar-refractivity contribution in [3.8, 4) is 0 Å². The summed E-state index contributed by atoms with van der Waals surface area (Å²) in [5, 5.41) is 9.20. The number of nitrogens with zero attached hydrogens (tertiary/aromatic N) is 3. The van der Waals surface area contributed by atoms with Crippen molar-refractivity contribution in [3.63, 3.8) is 0 Å². The fourth-order valence-corrected chi connectivity index (χ4v) is 2.76. The van der Waals surface area contributed by atoms with Gasteiger partial charge in [-0.05, 0) is 38.8 Å². The van der Waals surface area contributed by atoms with Gasteiger partial charge in [0.15, 0.2) is 5.82 Å². The quantitative estimate of drug-likeness (QED) is 0.661. The minimum Gasteiger partial charge on any atom is -0.360 e. The summed E-state index contributed by atoms with van der Waals surface area (Å²) in [4.78, 5) is 28.8. The minimum absolute atomic E-state index is 0.172. The molecule has 0 radical (unpaired) electrons. The van der Waals surface area contributed by atoms with Gasteiger partial charge in [-0.1, -0.05) is 11.2 Å². The molecule has 3 rings (SSSR count). The molecule has 0 fully saturated rings. The lowest BCUT2D eigenvalue weighted by Gasteiger charge is -2.06. The van der Waals surface area contributed by atoms with Crippen LogP contribution in [0, 0.1) is 20.8 Å². The summed E-state index contributed by atoms with van der Waals surface area (Å²) in [6.07, 6.45) is 2.62. The van der Waals surface area contributed by atoms with Gasteiger partial charge in [-0.2, -0.15) is 0 Å². The standard InChI is InChI=1S/C18H21N5O3/c1-11-6-5-9-23-16(13(3)20-17(11)23)18(25)19-8-4-7-15(24)21-14-10-12(2)26-22-14/h5-6,9-10H,4,7-8H2,1-3H3,(H,19,25)(H,21,22,24). The van der Waals surface area contributed by atoms with Crippen LogP contribution in [0.2, 0.25) is 0 Å². The lowest BCUT2D eigenvalue weighted by atomic mass is 10.2. The van der Waals surface area contributed by atoms with Gasteiger partial charge in [-0.15, -0.1) is 0 Å². The molecule has 2 N–H and O–H groups in total. The molecule has 0 aliphatic rings. The number of fused-ring (bicyclic) bond motifs is 1. The van der Waals surface area contributed by atoms with Crippen molar-refractivity contribution in [2.45, 2.75) is 33.6 Å². The van der Waals surface area contributed by atoms with E-state index in [9.17, 15) is 9.59 Å². The van der Waals surface area contributed by atoms with Gasteiger partial charge in [0, 0.05) is 25.2 Å². The van der Waals surface area contributed by atoms with Crippen LogP contribution in [0.5, 0.6) is 0 Å². The molecule has 0 saturated carbocycles. The Kier molecular flexibility index (Phi) is 5.01. The molecule has 0 spiro atoms. The maximum atomic E-state index is 12.5. The number of amides is 2. The highest BCUT2D eigenvalue weighted by Gasteiger charge is 2.17. The van der Waals surface area contributed by atoms with Crippen molar-refractivity contribution in [2.24, 2.45) is 0 Å². The fourth-order valence-electron chi connectivity index (χ4n) is 2.76. The van der Waals surface area contributed by atoms with Gasteiger partial charge in [0.05, 0.1) is 5.69 Å². The highest BCUT2D eigenvalue weighted by atomic mass is 16.5. The molecule has 3 heterocycles. The van der Waals surface area contributed by atoms with E-state index in [1.54, 1.807) is 17.4 Å². The third-order valence-corrected chi connectivity index (χ3v) is 4.00. The number of hydrogen-bond donors (Lipinski definition) is 2. The molecule has 136 valence electrons. The zero-order chi connectivity index (χ0) is 18.7. The monoisotopic (exact) mass is 355 g/mol. The summed E-state index contributed by atoms with van der Waals surface area (Å²) in [5.41, 5.74) is 2.98. The molecular formula is C18H21N5O3. The van der Waals surface area contributed by atoms with Crippen molar-refractivity contribution in [1.29, 1.82) is 0 Å². The molecule has 0 unspecified atom stereocenters. The molecule has 0 aliphatic heterocycles. The van der Waals surface area contributed by atoms with E-state index in [0.717, 1.165) is 11.2 Å². The highest BCUT2D eigenvalue weighted by molar-refractivity contribution is 5.95. The van der Waals surface area contributed by atoms with Crippen LogP contribution in [0.4, 0.5) is 5.82 Å². The Balaban J connectivity index is 1.52. The first-order chi connectivity index (χ1) is 12.5. The van der Waals surface area contributed by atoms with Crippen molar-refractivity contribution < 1.29 is 14.1 Å². The summed E-state index contributed by atoms with van der Waals surface area (Å²) >= 11 is 0. The van der Waals surface area contributed by atoms with Gasteiger partial charge < -0.3 is 15.2 Å². The van der Waals surface area contributed by atoms with Gasteiger partial charge in [0.25, 0.3) is 5.91 Å². The van der Waals surface area contributed by atoms with Crippen LogP contribution in [-0.4, -0.2) is 32.9 Å². The summed E-state index contributed by atoms with van der Waals surface area (Å²) in [7, 11) is 0. The third kappa shape index (κ3) is 3.74. The van der Waals surface area contributed by atoms with Crippen LogP contribution < -0.4 is 10.6 Å². The van der Waals surface area contributed by atoms with E-state index in [1.165, 1.54) is 0 Å². The lowest BCUT2D eigenvalue weighted by Crippen LogP contribution is -2.27. The first-order valence-corrected chi connectivity index (χ1v) is 8.41. The van der Waals surface area contributed by atoms with E-state index < -0.39 is 0 Å². The van der Waals surface area contributed by atoms with E-state index in [4.69, 9.17) is 4.52 Å². The average Bonchev–Trinajstić information content (AvgIpc) is 3.15. The van der Waals surface area contributed by atoms with Gasteiger partial charge in [0.2, 0.25) is 5.91 Å². The maximum Gasteiger partial charge on any atom is 0.270 e. The minimum atomic E-state index is -0.201. The zero-order valence-corrected chi connectivity index (χ0v) is 15.0. The predicted molar refractivity (Wildman–Crippen MR) is 96.1 cm³/mol. The van der Waals surface area contributed by atoms with Crippen molar-refractivity contribution >= 4 is 23.3 Å². The topological polar surface area (TPSA) is 102 Å². The van der Waals surface area contributed by atoms with E-state index >= 15 is 0 Å². The Labute approximate surface area is 150 Å². The number of imidazole rings is 1. The number of rotatable bonds is 6. The van der Waals surface area contributed by atoms with Crippen LogP contribution >= 0.6 is 0 Å². The number of carbonyl (C=O) groups is 2. The lowest BCUT2D eigenvalue weighted by molar-refractivity contribution is -0.116. The Morgan fingerprint density at radius 2 is 2.08 bits per heavy atom. The van der Waals surface area contributed by atoms with E-state index in [-0.39, 0.29) is 18.2 Å². The normalized spacial score (nSPS) is 10.9. The molecular weight excluding hydrogens is 334 g/mol. The Morgan fingerprint density at radius 1 is 1.27 bits per heavy atom. The number of aromatic nitrogens is 3. The first-order valence-electron chi connectivity index (χ1n) is 8.41. The summed E-state index contributed by atoms with van der Waals surface area (Å²) in [5.74, 6) is 0.654. The van der Waals surface area contributed by atoms with Crippen LogP contribution in [-0.2, 0) is 4.79 Å². The van der Waals surface area contributed by atoms with Crippen molar-refractivity contribution in [2.75, 3.05) is 11.9 Å². The molecule has 0 saturated heterocycles. The van der Waals surface area contributed by atoms with E-state index in [0.29, 0.717) is 35.9 Å². The zero-order valence-electron chi connectivity index (χ0n) is 15.0. The van der Waals surface area contributed by atoms with Crippen LogP contribution in [0.3, 0.4) is 0 Å². The molecule has 3 aromatic heterocycles. The molecule has 26 heavy (non-hydrogen) atoms. The fraction of sp³-hybridized carbons (Fsp3) is 0.333. The molecule has 0 aliphatic carbocycles. The largest absolute Gasteiger partial charge is 0.360 e. The smallest absolute Gasteiger partial charge is 0.270 e. The second-order valence-electron chi connectivity index (χ2n) is 6.16. The molecule has 8 nitrogen and oxygen atoms in total. The Hall–Kier alpha value is -3.16. The Morgan fingerprint density at radius 3 is 2.81 bits per heavy atom. The second-order valence-corrected chi connectivity index (χ2v) is 6.16. The maximum absolute atomic E-state index is 12.5. The van der Waals surface area contributed by atoms with Gasteiger partial charge >= 0.3 is 0 Å². The molecule has 3 aromatic rings. The third-order valence-electron chi connectivity index (χ3n) is 4.00. The molecule has 0 atom stereocenters. The highest BCUT2D eigenvalue weighted by Crippen LogP contribution is 2.15. The summed E-state index contributed by atoms with van der Waals surface area (Å²) < 4.78 is 6.68. The number of carbonyl (C=O) groups excluding carboxylic acids is 2. The number of anilines is 1.